The van der Waals surface area contributed by atoms with Gasteiger partial charge in [-0.25, -0.2) is 4.98 Å². The number of aromatic nitrogens is 2. The summed E-state index contributed by atoms with van der Waals surface area (Å²) < 4.78 is 0. The summed E-state index contributed by atoms with van der Waals surface area (Å²) in [4.78, 5) is 7.03. The van der Waals surface area contributed by atoms with Gasteiger partial charge in [0.15, 0.2) is 0 Å². The van der Waals surface area contributed by atoms with E-state index in [-0.39, 0.29) is 0 Å². The van der Waals surface area contributed by atoms with Crippen molar-refractivity contribution in [2.45, 2.75) is 61.3 Å². The molecule has 2 aromatic rings. The second-order valence-electron chi connectivity index (χ2n) is 8.54. The van der Waals surface area contributed by atoms with E-state index in [2.05, 4.69) is 82.7 Å². The molecule has 0 spiro atoms. The molecular formula is C20H32N2. The van der Waals surface area contributed by atoms with E-state index in [1.807, 2.05) is 6.20 Å². The van der Waals surface area contributed by atoms with Crippen molar-refractivity contribution in [3.8, 4) is 0 Å². The van der Waals surface area contributed by atoms with E-state index in [0.29, 0.717) is 10.8 Å². The van der Waals surface area contributed by atoms with Crippen LogP contribution in [0.1, 0.15) is 58.4 Å². The SMILES string of the molecule is CC(C)(C)Cc1cnc[nH]1.Cc1ccc(CC(C)(C)C)cc1. The molecule has 0 aliphatic rings. The smallest absolute Gasteiger partial charge is 0.0921 e. The molecule has 0 unspecified atom stereocenters. The highest BCUT2D eigenvalue weighted by atomic mass is 14.9. The summed E-state index contributed by atoms with van der Waals surface area (Å²) in [6.07, 6.45) is 5.83. The Bertz CT molecular complexity index is 523. The molecule has 0 saturated heterocycles. The summed E-state index contributed by atoms with van der Waals surface area (Å²) >= 11 is 0. The van der Waals surface area contributed by atoms with Crippen LogP contribution in [0.5, 0.6) is 0 Å². The van der Waals surface area contributed by atoms with Gasteiger partial charge in [0.2, 0.25) is 0 Å². The molecule has 0 aliphatic heterocycles. The minimum Gasteiger partial charge on any atom is -0.348 e. The molecule has 0 fully saturated rings. The van der Waals surface area contributed by atoms with E-state index in [1.54, 1.807) is 6.33 Å². The van der Waals surface area contributed by atoms with Gasteiger partial charge in [-0.1, -0.05) is 71.4 Å². The van der Waals surface area contributed by atoms with Crippen LogP contribution >= 0.6 is 0 Å². The van der Waals surface area contributed by atoms with E-state index in [0.717, 1.165) is 12.8 Å². The zero-order valence-corrected chi connectivity index (χ0v) is 15.3. The first kappa shape index (κ1) is 18.5. The predicted molar refractivity (Wildman–Crippen MR) is 96.1 cm³/mol. The van der Waals surface area contributed by atoms with Gasteiger partial charge in [-0.15, -0.1) is 0 Å². The molecule has 0 amide bonds. The molecule has 2 rings (SSSR count). The lowest BCUT2D eigenvalue weighted by molar-refractivity contribution is 0.407. The quantitative estimate of drug-likeness (QED) is 0.770. The summed E-state index contributed by atoms with van der Waals surface area (Å²) in [5.41, 5.74) is 4.75. The van der Waals surface area contributed by atoms with E-state index in [9.17, 15) is 0 Å². The highest BCUT2D eigenvalue weighted by Gasteiger charge is 2.11. The Morgan fingerprint density at radius 1 is 0.864 bits per heavy atom. The molecular weight excluding hydrogens is 268 g/mol. The second-order valence-corrected chi connectivity index (χ2v) is 8.54. The molecule has 0 atom stereocenters. The second kappa shape index (κ2) is 7.62. The molecule has 1 heterocycles. The zero-order chi connectivity index (χ0) is 16.8. The third kappa shape index (κ3) is 8.66. The number of rotatable bonds is 2. The van der Waals surface area contributed by atoms with E-state index in [4.69, 9.17) is 0 Å². The molecule has 2 nitrogen and oxygen atoms in total. The van der Waals surface area contributed by atoms with Crippen LogP contribution in [0, 0.1) is 17.8 Å². The van der Waals surface area contributed by atoms with Gasteiger partial charge in [-0.05, 0) is 36.2 Å². The Labute approximate surface area is 136 Å². The third-order valence-corrected chi connectivity index (χ3v) is 3.13. The number of aromatic amines is 1. The van der Waals surface area contributed by atoms with Crippen molar-refractivity contribution in [2.75, 3.05) is 0 Å². The van der Waals surface area contributed by atoms with Crippen molar-refractivity contribution in [1.29, 1.82) is 0 Å². The molecule has 0 bridgehead atoms. The Morgan fingerprint density at radius 2 is 1.41 bits per heavy atom. The molecule has 122 valence electrons. The Hall–Kier alpha value is -1.57. The summed E-state index contributed by atoms with van der Waals surface area (Å²) in [7, 11) is 0. The monoisotopic (exact) mass is 300 g/mol. The van der Waals surface area contributed by atoms with Gasteiger partial charge in [0, 0.05) is 11.9 Å². The summed E-state index contributed by atoms with van der Waals surface area (Å²) in [6.45, 7) is 15.6. The first-order valence-corrected chi connectivity index (χ1v) is 8.08. The molecule has 1 aromatic heterocycles. The fraction of sp³-hybridized carbons (Fsp3) is 0.550. The number of nitrogens with zero attached hydrogens (tertiary/aromatic N) is 1. The summed E-state index contributed by atoms with van der Waals surface area (Å²) in [5, 5.41) is 0. The molecule has 0 radical (unpaired) electrons. The highest BCUT2D eigenvalue weighted by Crippen LogP contribution is 2.20. The van der Waals surface area contributed by atoms with Gasteiger partial charge in [-0.3, -0.25) is 0 Å². The maximum atomic E-state index is 3.95. The molecule has 1 aromatic carbocycles. The van der Waals surface area contributed by atoms with Gasteiger partial charge in [0.25, 0.3) is 0 Å². The lowest BCUT2D eigenvalue weighted by Crippen LogP contribution is -2.09. The van der Waals surface area contributed by atoms with Gasteiger partial charge < -0.3 is 4.98 Å². The van der Waals surface area contributed by atoms with E-state index >= 15 is 0 Å². The van der Waals surface area contributed by atoms with Gasteiger partial charge >= 0.3 is 0 Å². The standard InChI is InChI=1S/C12H18.C8H14N2/c1-10-5-7-11(8-6-10)9-12(2,3)4;1-8(2,3)4-7-5-9-6-10-7/h5-8H,9H2,1-4H3;5-6H,4H2,1-3H3,(H,9,10). The average Bonchev–Trinajstić information content (AvgIpc) is 2.81. The van der Waals surface area contributed by atoms with Crippen molar-refractivity contribution in [1.82, 2.24) is 9.97 Å². The van der Waals surface area contributed by atoms with Crippen molar-refractivity contribution in [3.63, 3.8) is 0 Å². The fourth-order valence-electron chi connectivity index (χ4n) is 2.27. The van der Waals surface area contributed by atoms with Crippen LogP contribution in [0.15, 0.2) is 36.8 Å². The highest BCUT2D eigenvalue weighted by molar-refractivity contribution is 5.22. The van der Waals surface area contributed by atoms with Crippen LogP contribution in [0.2, 0.25) is 0 Å². The number of imidazole rings is 1. The minimum absolute atomic E-state index is 0.354. The van der Waals surface area contributed by atoms with Crippen molar-refractivity contribution >= 4 is 0 Å². The van der Waals surface area contributed by atoms with Crippen LogP contribution in [0.3, 0.4) is 0 Å². The summed E-state index contributed by atoms with van der Waals surface area (Å²) in [5.74, 6) is 0. The molecule has 2 heteroatoms. The Morgan fingerprint density at radius 3 is 1.82 bits per heavy atom. The molecule has 0 saturated carbocycles. The van der Waals surface area contributed by atoms with Crippen LogP contribution in [0.4, 0.5) is 0 Å². The lowest BCUT2D eigenvalue weighted by atomic mass is 9.88. The number of benzene rings is 1. The topological polar surface area (TPSA) is 28.7 Å². The average molecular weight is 300 g/mol. The number of hydrogen-bond donors (Lipinski definition) is 1. The van der Waals surface area contributed by atoms with Crippen molar-refractivity contribution < 1.29 is 0 Å². The largest absolute Gasteiger partial charge is 0.348 e. The normalized spacial score (nSPS) is 11.8. The number of aryl methyl sites for hydroxylation is 1. The van der Waals surface area contributed by atoms with Crippen LogP contribution in [-0.2, 0) is 12.8 Å². The van der Waals surface area contributed by atoms with E-state index < -0.39 is 0 Å². The zero-order valence-electron chi connectivity index (χ0n) is 15.3. The molecule has 0 aliphatic carbocycles. The summed E-state index contributed by atoms with van der Waals surface area (Å²) in [6, 6.07) is 8.81. The number of hydrogen-bond acceptors (Lipinski definition) is 1. The lowest BCUT2D eigenvalue weighted by Gasteiger charge is -2.17. The van der Waals surface area contributed by atoms with Crippen molar-refractivity contribution in [2.24, 2.45) is 10.8 Å². The van der Waals surface area contributed by atoms with Crippen LogP contribution in [-0.4, -0.2) is 9.97 Å². The van der Waals surface area contributed by atoms with Crippen LogP contribution < -0.4 is 0 Å². The maximum absolute atomic E-state index is 3.95. The number of H-pyrrole nitrogens is 1. The van der Waals surface area contributed by atoms with E-state index in [1.165, 1.54) is 16.8 Å². The van der Waals surface area contributed by atoms with Gasteiger partial charge in [0.05, 0.1) is 6.33 Å². The minimum atomic E-state index is 0.354. The van der Waals surface area contributed by atoms with Crippen LogP contribution in [0.25, 0.3) is 0 Å². The first-order valence-electron chi connectivity index (χ1n) is 8.08. The third-order valence-electron chi connectivity index (χ3n) is 3.13. The number of nitrogens with one attached hydrogen (secondary N) is 1. The van der Waals surface area contributed by atoms with Gasteiger partial charge in [0.1, 0.15) is 0 Å². The maximum Gasteiger partial charge on any atom is 0.0921 e. The van der Waals surface area contributed by atoms with Crippen molar-refractivity contribution in [3.05, 3.63) is 53.6 Å². The Kier molecular flexibility index (Phi) is 6.40. The fourth-order valence-corrected chi connectivity index (χ4v) is 2.27. The molecule has 22 heavy (non-hydrogen) atoms. The predicted octanol–water partition coefficient (Wildman–Crippen LogP) is 5.58. The Balaban J connectivity index is 0.000000224. The first-order chi connectivity index (χ1) is 10.1. The molecule has 1 N–H and O–H groups in total. The van der Waals surface area contributed by atoms with Gasteiger partial charge in [-0.2, -0.15) is 0 Å².